The molecule has 0 aliphatic heterocycles. The quantitative estimate of drug-likeness (QED) is 0.866. The minimum atomic E-state index is -4.37. The smallest absolute Gasteiger partial charge is 0.324 e. The second-order valence-corrected chi connectivity index (χ2v) is 7.54. The van der Waals surface area contributed by atoms with Crippen LogP contribution in [0.4, 0.5) is 8.78 Å². The van der Waals surface area contributed by atoms with Crippen LogP contribution in [0.3, 0.4) is 0 Å². The van der Waals surface area contributed by atoms with Crippen LogP contribution in [0.1, 0.15) is 32.3 Å². The van der Waals surface area contributed by atoms with Crippen molar-refractivity contribution >= 4 is 16.0 Å². The molecule has 0 bridgehead atoms. The molecule has 2 N–H and O–H groups in total. The lowest BCUT2D eigenvalue weighted by molar-refractivity contribution is -0.149. The maximum atomic E-state index is 13.6. The standard InChI is InChI=1S/C14H17F2NO4S/c1-9-7-14(8-9,12(18)19)17-22(20,21)11-6-4-3-5-10(11)13(2,15)16/h3-6,9,17H,7-8H2,1-2H3,(H,18,19). The molecule has 22 heavy (non-hydrogen) atoms. The van der Waals surface area contributed by atoms with Crippen LogP contribution in [-0.2, 0) is 20.7 Å². The van der Waals surface area contributed by atoms with Crippen molar-refractivity contribution in [3.8, 4) is 0 Å². The van der Waals surface area contributed by atoms with Crippen molar-refractivity contribution in [2.24, 2.45) is 5.92 Å². The van der Waals surface area contributed by atoms with Crippen LogP contribution in [0.25, 0.3) is 0 Å². The first kappa shape index (κ1) is 16.8. The molecule has 2 rings (SSSR count). The zero-order valence-electron chi connectivity index (χ0n) is 12.1. The van der Waals surface area contributed by atoms with Crippen molar-refractivity contribution in [3.63, 3.8) is 0 Å². The molecule has 1 aromatic rings. The topological polar surface area (TPSA) is 83.5 Å². The fourth-order valence-corrected chi connectivity index (χ4v) is 4.48. The number of nitrogens with one attached hydrogen (secondary N) is 1. The molecule has 1 aromatic carbocycles. The van der Waals surface area contributed by atoms with Gasteiger partial charge in [-0.1, -0.05) is 25.1 Å². The summed E-state index contributed by atoms with van der Waals surface area (Å²) in [6.45, 7) is 2.39. The minimum absolute atomic E-state index is 0.0571. The van der Waals surface area contributed by atoms with E-state index in [0.717, 1.165) is 12.1 Å². The van der Waals surface area contributed by atoms with Crippen LogP contribution in [0.2, 0.25) is 0 Å². The number of alkyl halides is 2. The zero-order chi connectivity index (χ0) is 16.8. The summed E-state index contributed by atoms with van der Waals surface area (Å²) < 4.78 is 54.1. The Labute approximate surface area is 127 Å². The first-order valence-corrected chi connectivity index (χ1v) is 8.21. The highest BCUT2D eigenvalue weighted by Crippen LogP contribution is 2.40. The zero-order valence-corrected chi connectivity index (χ0v) is 13.0. The van der Waals surface area contributed by atoms with E-state index in [0.29, 0.717) is 6.92 Å². The molecule has 0 aromatic heterocycles. The van der Waals surface area contributed by atoms with Gasteiger partial charge in [0.2, 0.25) is 10.0 Å². The van der Waals surface area contributed by atoms with E-state index < -0.39 is 37.9 Å². The molecule has 0 saturated heterocycles. The van der Waals surface area contributed by atoms with E-state index in [2.05, 4.69) is 4.72 Å². The molecule has 1 fully saturated rings. The molecule has 0 heterocycles. The van der Waals surface area contributed by atoms with Crippen molar-refractivity contribution in [3.05, 3.63) is 29.8 Å². The number of hydrogen-bond donors (Lipinski definition) is 2. The lowest BCUT2D eigenvalue weighted by atomic mass is 9.70. The number of carboxylic acid groups (broad SMARTS) is 1. The van der Waals surface area contributed by atoms with Gasteiger partial charge in [0.15, 0.2) is 0 Å². The molecule has 0 radical (unpaired) electrons. The van der Waals surface area contributed by atoms with Gasteiger partial charge in [-0.3, -0.25) is 4.79 Å². The molecular weight excluding hydrogens is 316 g/mol. The monoisotopic (exact) mass is 333 g/mol. The number of carbonyl (C=O) groups is 1. The highest BCUT2D eigenvalue weighted by Gasteiger charge is 2.51. The highest BCUT2D eigenvalue weighted by molar-refractivity contribution is 7.89. The third-order valence-electron chi connectivity index (χ3n) is 3.78. The molecule has 8 heteroatoms. The van der Waals surface area contributed by atoms with E-state index in [1.165, 1.54) is 12.1 Å². The summed E-state index contributed by atoms with van der Waals surface area (Å²) in [4.78, 5) is 10.8. The first-order valence-electron chi connectivity index (χ1n) is 6.73. The summed E-state index contributed by atoms with van der Waals surface area (Å²) in [5.74, 6) is -4.59. The average molecular weight is 333 g/mol. The molecule has 122 valence electrons. The number of sulfonamides is 1. The molecule has 0 amide bonds. The van der Waals surface area contributed by atoms with Gasteiger partial charge in [0.05, 0.1) is 4.90 Å². The van der Waals surface area contributed by atoms with Crippen molar-refractivity contribution in [1.82, 2.24) is 4.72 Å². The van der Waals surface area contributed by atoms with Gasteiger partial charge < -0.3 is 5.11 Å². The Kier molecular flexibility index (Phi) is 4.03. The molecule has 1 saturated carbocycles. The predicted molar refractivity (Wildman–Crippen MR) is 75.1 cm³/mol. The van der Waals surface area contributed by atoms with Gasteiger partial charge in [-0.25, -0.2) is 17.2 Å². The number of rotatable bonds is 5. The third-order valence-corrected chi connectivity index (χ3v) is 5.38. The molecule has 5 nitrogen and oxygen atoms in total. The van der Waals surface area contributed by atoms with Gasteiger partial charge in [-0.15, -0.1) is 0 Å². The van der Waals surface area contributed by atoms with Crippen molar-refractivity contribution < 1.29 is 27.1 Å². The summed E-state index contributed by atoms with van der Waals surface area (Å²) in [5.41, 5.74) is -2.27. The molecular formula is C14H17F2NO4S. The Balaban J connectivity index is 2.43. The highest BCUT2D eigenvalue weighted by atomic mass is 32.2. The van der Waals surface area contributed by atoms with E-state index >= 15 is 0 Å². The fraction of sp³-hybridized carbons (Fsp3) is 0.500. The second-order valence-electron chi connectivity index (χ2n) is 5.89. The SMILES string of the molecule is CC1CC(NS(=O)(=O)c2ccccc2C(C)(F)F)(C(=O)O)C1. The second kappa shape index (κ2) is 5.27. The minimum Gasteiger partial charge on any atom is -0.480 e. The van der Waals surface area contributed by atoms with Gasteiger partial charge in [0.1, 0.15) is 5.54 Å². The van der Waals surface area contributed by atoms with Crippen LogP contribution >= 0.6 is 0 Å². The number of hydrogen-bond acceptors (Lipinski definition) is 3. The summed E-state index contributed by atoms with van der Waals surface area (Å²) in [7, 11) is -4.37. The summed E-state index contributed by atoms with van der Waals surface area (Å²) in [5, 5.41) is 9.27. The van der Waals surface area contributed by atoms with Crippen LogP contribution in [0.5, 0.6) is 0 Å². The van der Waals surface area contributed by atoms with Gasteiger partial charge in [-0.2, -0.15) is 4.72 Å². The number of benzene rings is 1. The largest absolute Gasteiger partial charge is 0.480 e. The Bertz CT molecular complexity index is 691. The van der Waals surface area contributed by atoms with Crippen LogP contribution in [-0.4, -0.2) is 25.0 Å². The van der Waals surface area contributed by atoms with E-state index in [4.69, 9.17) is 0 Å². The predicted octanol–water partition coefficient (Wildman–Crippen LogP) is 2.33. The molecule has 0 spiro atoms. The van der Waals surface area contributed by atoms with Crippen LogP contribution < -0.4 is 4.72 Å². The van der Waals surface area contributed by atoms with Gasteiger partial charge in [-0.05, 0) is 24.8 Å². The van der Waals surface area contributed by atoms with Crippen molar-refractivity contribution in [2.75, 3.05) is 0 Å². The Morgan fingerprint density at radius 1 is 1.36 bits per heavy atom. The van der Waals surface area contributed by atoms with E-state index in [1.54, 1.807) is 6.92 Å². The van der Waals surface area contributed by atoms with Gasteiger partial charge in [0, 0.05) is 12.5 Å². The molecule has 0 atom stereocenters. The molecule has 1 aliphatic rings. The summed E-state index contributed by atoms with van der Waals surface area (Å²) >= 11 is 0. The van der Waals surface area contributed by atoms with E-state index in [1.807, 2.05) is 0 Å². The normalized spacial score (nSPS) is 25.5. The first-order chi connectivity index (χ1) is 9.98. The lowest BCUT2D eigenvalue weighted by Gasteiger charge is -2.42. The van der Waals surface area contributed by atoms with E-state index in [-0.39, 0.29) is 18.8 Å². The van der Waals surface area contributed by atoms with Crippen LogP contribution in [0, 0.1) is 5.92 Å². The Hall–Kier alpha value is -1.54. The number of aliphatic carboxylic acids is 1. The Morgan fingerprint density at radius 3 is 2.36 bits per heavy atom. The van der Waals surface area contributed by atoms with Gasteiger partial charge in [0.25, 0.3) is 5.92 Å². The maximum Gasteiger partial charge on any atom is 0.324 e. The maximum absolute atomic E-state index is 13.6. The third kappa shape index (κ3) is 2.98. The average Bonchev–Trinajstić information content (AvgIpc) is 2.35. The molecule has 1 aliphatic carbocycles. The lowest BCUT2D eigenvalue weighted by Crippen LogP contribution is -2.61. The van der Waals surface area contributed by atoms with E-state index in [9.17, 15) is 27.1 Å². The van der Waals surface area contributed by atoms with Gasteiger partial charge >= 0.3 is 5.97 Å². The summed E-state index contributed by atoms with van der Waals surface area (Å²) in [6.07, 6.45) is 0.262. The number of halogens is 2. The van der Waals surface area contributed by atoms with Crippen molar-refractivity contribution in [2.45, 2.75) is 43.0 Å². The molecule has 0 unspecified atom stereocenters. The number of carboxylic acids is 1. The van der Waals surface area contributed by atoms with Crippen molar-refractivity contribution in [1.29, 1.82) is 0 Å². The van der Waals surface area contributed by atoms with Crippen LogP contribution in [0.15, 0.2) is 29.2 Å². The summed E-state index contributed by atoms with van der Waals surface area (Å²) in [6, 6.07) is 4.70. The fourth-order valence-electron chi connectivity index (χ4n) is 2.81. The Morgan fingerprint density at radius 2 is 1.91 bits per heavy atom.